The van der Waals surface area contributed by atoms with Gasteiger partial charge in [-0.2, -0.15) is 4.68 Å². The Morgan fingerprint density at radius 2 is 1.96 bits per heavy atom. The maximum absolute atomic E-state index is 12.6. The van der Waals surface area contributed by atoms with Crippen molar-refractivity contribution in [3.05, 3.63) is 70.5 Å². The van der Waals surface area contributed by atoms with Crippen LogP contribution in [-0.2, 0) is 9.53 Å². The van der Waals surface area contributed by atoms with Gasteiger partial charge in [0.05, 0.1) is 0 Å². The van der Waals surface area contributed by atoms with Gasteiger partial charge in [-0.3, -0.25) is 0 Å². The molecule has 138 valence electrons. The molecule has 0 fully saturated rings. The maximum atomic E-state index is 12.6. The van der Waals surface area contributed by atoms with Gasteiger partial charge in [0.25, 0.3) is 0 Å². The van der Waals surface area contributed by atoms with Gasteiger partial charge in [-0.15, -0.1) is 5.10 Å². The molecule has 27 heavy (non-hydrogen) atoms. The summed E-state index contributed by atoms with van der Waals surface area (Å²) < 4.78 is 13.2. The summed E-state index contributed by atoms with van der Waals surface area (Å²) >= 11 is 3.38. The van der Waals surface area contributed by atoms with Gasteiger partial charge in [-0.1, -0.05) is 52.3 Å². The third kappa shape index (κ3) is 5.24. The molecular formula is C19H17BrN4O3. The Kier molecular flexibility index (Phi) is 6.32. The summed E-state index contributed by atoms with van der Waals surface area (Å²) in [5.74, 6) is 0.642. The van der Waals surface area contributed by atoms with Crippen LogP contribution in [0, 0.1) is 6.92 Å². The molecule has 0 N–H and O–H groups in total. The van der Waals surface area contributed by atoms with Gasteiger partial charge in [0.2, 0.25) is 0 Å². The molecule has 0 saturated heterocycles. The lowest BCUT2D eigenvalue weighted by atomic mass is 10.2. The van der Waals surface area contributed by atoms with Crippen LogP contribution in [0.15, 0.2) is 59.1 Å². The quantitative estimate of drug-likeness (QED) is 0.326. The number of esters is 1. The first kappa shape index (κ1) is 18.8. The average Bonchev–Trinajstić information content (AvgIpc) is 3.10. The standard InChI is InChI=1S/C19H17BrN4O3/c1-14-21-22-23-24(14)18(12-15-6-3-2-4-7-15)19(25)27-11-10-26-17-9-5-8-16(20)13-17/h2-9,12-13H,10-11H2,1H3/b18-12-. The van der Waals surface area contributed by atoms with Crippen molar-refractivity contribution < 1.29 is 14.3 Å². The fourth-order valence-electron chi connectivity index (χ4n) is 2.29. The lowest BCUT2D eigenvalue weighted by molar-refractivity contribution is -0.137. The second-order valence-corrected chi connectivity index (χ2v) is 6.44. The zero-order chi connectivity index (χ0) is 19.1. The summed E-state index contributed by atoms with van der Waals surface area (Å²) in [5.41, 5.74) is 1.07. The van der Waals surface area contributed by atoms with E-state index in [1.807, 2.05) is 54.6 Å². The van der Waals surface area contributed by atoms with E-state index in [9.17, 15) is 4.79 Å². The molecular weight excluding hydrogens is 412 g/mol. The van der Waals surface area contributed by atoms with E-state index in [0.29, 0.717) is 11.6 Å². The highest BCUT2D eigenvalue weighted by Crippen LogP contribution is 2.18. The summed E-state index contributed by atoms with van der Waals surface area (Å²) in [5, 5.41) is 11.3. The van der Waals surface area contributed by atoms with E-state index in [4.69, 9.17) is 9.47 Å². The smallest absolute Gasteiger partial charge is 0.357 e. The van der Waals surface area contributed by atoms with Gasteiger partial charge in [0.15, 0.2) is 11.5 Å². The molecule has 0 unspecified atom stereocenters. The fraction of sp³-hybridized carbons (Fsp3) is 0.158. The molecule has 0 aliphatic heterocycles. The third-order valence-electron chi connectivity index (χ3n) is 3.55. The summed E-state index contributed by atoms with van der Waals surface area (Å²) in [6.45, 7) is 2.04. The maximum Gasteiger partial charge on any atom is 0.357 e. The lowest BCUT2D eigenvalue weighted by Crippen LogP contribution is -2.18. The minimum Gasteiger partial charge on any atom is -0.490 e. The molecule has 0 radical (unpaired) electrons. The normalized spacial score (nSPS) is 11.3. The number of aromatic nitrogens is 4. The van der Waals surface area contributed by atoms with Crippen molar-refractivity contribution in [2.24, 2.45) is 0 Å². The van der Waals surface area contributed by atoms with E-state index in [-0.39, 0.29) is 18.9 Å². The average molecular weight is 429 g/mol. The van der Waals surface area contributed by atoms with Crippen LogP contribution < -0.4 is 4.74 Å². The number of rotatable bonds is 7. The SMILES string of the molecule is Cc1nnnn1/C(=C\c1ccccc1)C(=O)OCCOc1cccc(Br)c1. The molecule has 3 aromatic rings. The van der Waals surface area contributed by atoms with Crippen molar-refractivity contribution in [2.75, 3.05) is 13.2 Å². The summed E-state index contributed by atoms with van der Waals surface area (Å²) in [6, 6.07) is 16.9. The van der Waals surface area contributed by atoms with Crippen LogP contribution in [0.25, 0.3) is 11.8 Å². The fourth-order valence-corrected chi connectivity index (χ4v) is 2.67. The Morgan fingerprint density at radius 3 is 2.67 bits per heavy atom. The molecule has 0 saturated carbocycles. The van der Waals surface area contributed by atoms with Crippen molar-refractivity contribution >= 4 is 33.7 Å². The predicted molar refractivity (Wildman–Crippen MR) is 104 cm³/mol. The first-order chi connectivity index (χ1) is 13.1. The number of carbonyl (C=O) groups is 1. The summed E-state index contributed by atoms with van der Waals surface area (Å²) in [4.78, 5) is 12.6. The second-order valence-electron chi connectivity index (χ2n) is 5.52. The number of nitrogens with zero attached hydrogens (tertiary/aromatic N) is 4. The molecule has 8 heteroatoms. The largest absolute Gasteiger partial charge is 0.490 e. The van der Waals surface area contributed by atoms with Crippen LogP contribution in [0.1, 0.15) is 11.4 Å². The molecule has 1 aromatic heterocycles. The molecule has 3 rings (SSSR count). The topological polar surface area (TPSA) is 79.1 Å². The van der Waals surface area contributed by atoms with E-state index >= 15 is 0 Å². The van der Waals surface area contributed by atoms with Gasteiger partial charge in [0, 0.05) is 4.47 Å². The monoisotopic (exact) mass is 428 g/mol. The van der Waals surface area contributed by atoms with Crippen LogP contribution in [0.4, 0.5) is 0 Å². The number of benzene rings is 2. The van der Waals surface area contributed by atoms with Gasteiger partial charge in [0.1, 0.15) is 19.0 Å². The van der Waals surface area contributed by atoms with E-state index in [1.165, 1.54) is 4.68 Å². The van der Waals surface area contributed by atoms with E-state index in [1.54, 1.807) is 13.0 Å². The molecule has 1 heterocycles. The zero-order valence-electron chi connectivity index (χ0n) is 14.6. The van der Waals surface area contributed by atoms with Crippen LogP contribution >= 0.6 is 15.9 Å². The Labute approximate surface area is 164 Å². The number of hydrogen-bond donors (Lipinski definition) is 0. The molecule has 7 nitrogen and oxygen atoms in total. The first-order valence-corrected chi connectivity index (χ1v) is 9.00. The highest BCUT2D eigenvalue weighted by Gasteiger charge is 2.17. The second kappa shape index (κ2) is 9.09. The highest BCUT2D eigenvalue weighted by atomic mass is 79.9. The number of tetrazole rings is 1. The zero-order valence-corrected chi connectivity index (χ0v) is 16.2. The van der Waals surface area contributed by atoms with Gasteiger partial charge < -0.3 is 9.47 Å². The molecule has 2 aromatic carbocycles. The van der Waals surface area contributed by atoms with Gasteiger partial charge in [-0.25, -0.2) is 4.79 Å². The van der Waals surface area contributed by atoms with Crippen LogP contribution in [0.3, 0.4) is 0 Å². The summed E-state index contributed by atoms with van der Waals surface area (Å²) in [7, 11) is 0. The van der Waals surface area contributed by atoms with Gasteiger partial charge in [-0.05, 0) is 47.2 Å². The van der Waals surface area contributed by atoms with Crippen molar-refractivity contribution in [1.82, 2.24) is 20.2 Å². The number of carbonyl (C=O) groups excluding carboxylic acids is 1. The molecule has 0 aliphatic carbocycles. The van der Waals surface area contributed by atoms with Crippen molar-refractivity contribution in [3.63, 3.8) is 0 Å². The van der Waals surface area contributed by atoms with E-state index in [2.05, 4.69) is 31.5 Å². The number of hydrogen-bond acceptors (Lipinski definition) is 6. The summed E-state index contributed by atoms with van der Waals surface area (Å²) in [6.07, 6.45) is 1.68. The minimum atomic E-state index is -0.535. The van der Waals surface area contributed by atoms with E-state index in [0.717, 1.165) is 10.0 Å². The Morgan fingerprint density at radius 1 is 1.15 bits per heavy atom. The highest BCUT2D eigenvalue weighted by molar-refractivity contribution is 9.10. The molecule has 0 bridgehead atoms. The Hall–Kier alpha value is -3.00. The Bertz CT molecular complexity index is 941. The molecule has 0 amide bonds. The van der Waals surface area contributed by atoms with Crippen LogP contribution in [-0.4, -0.2) is 39.4 Å². The predicted octanol–water partition coefficient (Wildman–Crippen LogP) is 3.36. The van der Waals surface area contributed by atoms with Gasteiger partial charge >= 0.3 is 5.97 Å². The van der Waals surface area contributed by atoms with E-state index < -0.39 is 5.97 Å². The lowest BCUT2D eigenvalue weighted by Gasteiger charge is -2.10. The number of ether oxygens (including phenoxy) is 2. The third-order valence-corrected chi connectivity index (χ3v) is 4.04. The number of aryl methyl sites for hydroxylation is 1. The number of halogens is 1. The first-order valence-electron chi connectivity index (χ1n) is 8.21. The molecule has 0 aliphatic rings. The molecule has 0 atom stereocenters. The van der Waals surface area contributed by atoms with Crippen LogP contribution in [0.2, 0.25) is 0 Å². The molecule has 0 spiro atoms. The van der Waals surface area contributed by atoms with Crippen molar-refractivity contribution in [3.8, 4) is 5.75 Å². The van der Waals surface area contributed by atoms with Crippen molar-refractivity contribution in [2.45, 2.75) is 6.92 Å². The Balaban J connectivity index is 1.67. The minimum absolute atomic E-state index is 0.0959. The van der Waals surface area contributed by atoms with Crippen LogP contribution in [0.5, 0.6) is 5.75 Å². The van der Waals surface area contributed by atoms with Crippen molar-refractivity contribution in [1.29, 1.82) is 0 Å².